The van der Waals surface area contributed by atoms with Crippen LogP contribution in [0.4, 0.5) is 0 Å². The molecule has 5 heteroatoms. The molecule has 0 atom stereocenters. The zero-order valence-electron chi connectivity index (χ0n) is 16.0. The third-order valence-corrected chi connectivity index (χ3v) is 4.97. The number of fused-ring (bicyclic) bond motifs is 1. The van der Waals surface area contributed by atoms with Gasteiger partial charge in [0.25, 0.3) is 5.91 Å². The summed E-state index contributed by atoms with van der Waals surface area (Å²) in [6.07, 6.45) is 0. The summed E-state index contributed by atoms with van der Waals surface area (Å²) in [5.41, 5.74) is 5.08. The summed E-state index contributed by atoms with van der Waals surface area (Å²) in [7, 11) is 0. The SMILES string of the molecule is Cc1cccc(C(=O)N2CCOc3c(O)cc(-c4ccccc4C)cc3C2)n1. The topological polar surface area (TPSA) is 62.7 Å². The molecular weight excluding hydrogens is 352 g/mol. The van der Waals surface area contributed by atoms with Gasteiger partial charge < -0.3 is 14.7 Å². The third-order valence-electron chi connectivity index (χ3n) is 4.97. The van der Waals surface area contributed by atoms with E-state index < -0.39 is 0 Å². The number of amides is 1. The number of rotatable bonds is 2. The standard InChI is InChI=1S/C23H22N2O3/c1-15-6-3-4-8-19(15)17-12-18-14-25(10-11-28-22(18)21(26)13-17)23(27)20-9-5-7-16(2)24-20/h3-9,12-13,26H,10-11,14H2,1-2H3. The van der Waals surface area contributed by atoms with Gasteiger partial charge in [-0.3, -0.25) is 4.79 Å². The van der Waals surface area contributed by atoms with E-state index in [1.54, 1.807) is 17.0 Å². The van der Waals surface area contributed by atoms with Gasteiger partial charge in [0.15, 0.2) is 11.5 Å². The highest BCUT2D eigenvalue weighted by molar-refractivity contribution is 5.92. The lowest BCUT2D eigenvalue weighted by Crippen LogP contribution is -2.33. The highest BCUT2D eigenvalue weighted by Gasteiger charge is 2.24. The summed E-state index contributed by atoms with van der Waals surface area (Å²) in [6, 6.07) is 17.2. The van der Waals surface area contributed by atoms with Gasteiger partial charge in [-0.1, -0.05) is 30.3 Å². The van der Waals surface area contributed by atoms with Crippen LogP contribution in [-0.4, -0.2) is 34.0 Å². The van der Waals surface area contributed by atoms with Gasteiger partial charge in [0.05, 0.1) is 6.54 Å². The number of nitrogens with zero attached hydrogens (tertiary/aromatic N) is 2. The number of phenolic OH excluding ortho intramolecular Hbond substituents is 1. The van der Waals surface area contributed by atoms with Crippen molar-refractivity contribution in [3.05, 3.63) is 77.1 Å². The largest absolute Gasteiger partial charge is 0.504 e. The van der Waals surface area contributed by atoms with E-state index in [1.807, 2.05) is 56.3 Å². The van der Waals surface area contributed by atoms with E-state index in [9.17, 15) is 9.90 Å². The smallest absolute Gasteiger partial charge is 0.272 e. The van der Waals surface area contributed by atoms with Gasteiger partial charge in [-0.15, -0.1) is 0 Å². The number of hydrogen-bond acceptors (Lipinski definition) is 4. The zero-order chi connectivity index (χ0) is 19.7. The number of aromatic hydroxyl groups is 1. The van der Waals surface area contributed by atoms with Crippen LogP contribution < -0.4 is 4.74 Å². The van der Waals surface area contributed by atoms with Crippen molar-refractivity contribution in [1.29, 1.82) is 0 Å². The Balaban J connectivity index is 1.71. The van der Waals surface area contributed by atoms with Crippen LogP contribution in [0.1, 0.15) is 27.3 Å². The second-order valence-corrected chi connectivity index (χ2v) is 7.04. The van der Waals surface area contributed by atoms with Crippen molar-refractivity contribution in [2.75, 3.05) is 13.2 Å². The number of aromatic nitrogens is 1. The number of pyridine rings is 1. The van der Waals surface area contributed by atoms with Crippen LogP contribution in [0.3, 0.4) is 0 Å². The molecule has 2 aromatic carbocycles. The van der Waals surface area contributed by atoms with E-state index in [0.717, 1.165) is 27.9 Å². The fraction of sp³-hybridized carbons (Fsp3) is 0.217. The Labute approximate surface area is 164 Å². The molecule has 1 aliphatic heterocycles. The van der Waals surface area contributed by atoms with Crippen LogP contribution in [0.25, 0.3) is 11.1 Å². The van der Waals surface area contributed by atoms with Crippen LogP contribution in [0.5, 0.6) is 11.5 Å². The van der Waals surface area contributed by atoms with E-state index in [0.29, 0.717) is 31.1 Å². The van der Waals surface area contributed by atoms with E-state index >= 15 is 0 Å². The maximum atomic E-state index is 13.0. The minimum atomic E-state index is -0.138. The Morgan fingerprint density at radius 3 is 2.71 bits per heavy atom. The highest BCUT2D eigenvalue weighted by atomic mass is 16.5. The summed E-state index contributed by atoms with van der Waals surface area (Å²) in [5.74, 6) is 0.407. The molecule has 1 aromatic heterocycles. The van der Waals surface area contributed by atoms with Gasteiger partial charge in [0, 0.05) is 17.8 Å². The second kappa shape index (κ2) is 7.35. The first-order chi connectivity index (χ1) is 13.5. The van der Waals surface area contributed by atoms with Crippen molar-refractivity contribution in [2.45, 2.75) is 20.4 Å². The Morgan fingerprint density at radius 2 is 1.93 bits per heavy atom. The molecule has 0 aliphatic carbocycles. The molecular formula is C23H22N2O3. The van der Waals surface area contributed by atoms with E-state index in [4.69, 9.17) is 4.74 Å². The first-order valence-corrected chi connectivity index (χ1v) is 9.30. The second-order valence-electron chi connectivity index (χ2n) is 7.04. The molecule has 1 amide bonds. The molecule has 142 valence electrons. The number of ether oxygens (including phenoxy) is 1. The van der Waals surface area contributed by atoms with Crippen molar-refractivity contribution >= 4 is 5.91 Å². The zero-order valence-corrected chi connectivity index (χ0v) is 16.0. The van der Waals surface area contributed by atoms with E-state index in [-0.39, 0.29) is 11.7 Å². The van der Waals surface area contributed by atoms with E-state index in [1.165, 1.54) is 0 Å². The molecule has 0 bridgehead atoms. The Hall–Kier alpha value is -3.34. The minimum absolute atomic E-state index is 0.0960. The maximum absolute atomic E-state index is 13.0. The molecule has 1 aliphatic rings. The normalized spacial score (nSPS) is 13.4. The Kier molecular flexibility index (Phi) is 4.74. The monoisotopic (exact) mass is 374 g/mol. The molecule has 4 rings (SSSR count). The van der Waals surface area contributed by atoms with Crippen LogP contribution >= 0.6 is 0 Å². The van der Waals surface area contributed by atoms with Crippen molar-refractivity contribution in [2.24, 2.45) is 0 Å². The first-order valence-electron chi connectivity index (χ1n) is 9.30. The molecule has 1 N–H and O–H groups in total. The first kappa shape index (κ1) is 18.0. The molecule has 0 saturated heterocycles. The minimum Gasteiger partial charge on any atom is -0.504 e. The molecule has 0 saturated carbocycles. The Morgan fingerprint density at radius 1 is 1.11 bits per heavy atom. The van der Waals surface area contributed by atoms with Crippen LogP contribution in [0.15, 0.2) is 54.6 Å². The number of benzene rings is 2. The van der Waals surface area contributed by atoms with Crippen molar-refractivity contribution in [3.8, 4) is 22.6 Å². The van der Waals surface area contributed by atoms with Crippen LogP contribution in [0, 0.1) is 13.8 Å². The molecule has 2 heterocycles. The average molecular weight is 374 g/mol. The summed E-state index contributed by atoms with van der Waals surface area (Å²) in [6.45, 7) is 5.01. The van der Waals surface area contributed by atoms with E-state index in [2.05, 4.69) is 4.98 Å². The predicted octanol–water partition coefficient (Wildman–Crippen LogP) is 4.11. The number of hydrogen-bond donors (Lipinski definition) is 1. The van der Waals surface area contributed by atoms with Gasteiger partial charge in [0.1, 0.15) is 12.3 Å². The lowest BCUT2D eigenvalue weighted by molar-refractivity contribution is 0.0727. The molecule has 0 radical (unpaired) electrons. The van der Waals surface area contributed by atoms with Crippen molar-refractivity contribution < 1.29 is 14.6 Å². The average Bonchev–Trinajstić information content (AvgIpc) is 2.90. The molecule has 3 aromatic rings. The summed E-state index contributed by atoms with van der Waals surface area (Å²) in [5, 5.41) is 10.6. The summed E-state index contributed by atoms with van der Waals surface area (Å²) >= 11 is 0. The van der Waals surface area contributed by atoms with Crippen LogP contribution in [-0.2, 0) is 6.54 Å². The quantitative estimate of drug-likeness (QED) is 0.733. The number of carbonyl (C=O) groups is 1. The molecule has 5 nitrogen and oxygen atoms in total. The number of phenols is 1. The summed E-state index contributed by atoms with van der Waals surface area (Å²) in [4.78, 5) is 19.0. The highest BCUT2D eigenvalue weighted by Crippen LogP contribution is 2.38. The Bertz CT molecular complexity index is 1050. The van der Waals surface area contributed by atoms with Gasteiger partial charge >= 0.3 is 0 Å². The summed E-state index contributed by atoms with van der Waals surface area (Å²) < 4.78 is 5.78. The predicted molar refractivity (Wildman–Crippen MR) is 107 cm³/mol. The lowest BCUT2D eigenvalue weighted by atomic mass is 9.98. The molecule has 28 heavy (non-hydrogen) atoms. The maximum Gasteiger partial charge on any atom is 0.272 e. The fourth-order valence-electron chi connectivity index (χ4n) is 3.55. The fourth-order valence-corrected chi connectivity index (χ4v) is 3.55. The third kappa shape index (κ3) is 3.43. The molecule has 0 unspecified atom stereocenters. The van der Waals surface area contributed by atoms with Gasteiger partial charge in [0.2, 0.25) is 0 Å². The van der Waals surface area contributed by atoms with Gasteiger partial charge in [-0.05, 0) is 54.8 Å². The van der Waals surface area contributed by atoms with Gasteiger partial charge in [-0.25, -0.2) is 4.98 Å². The van der Waals surface area contributed by atoms with Crippen molar-refractivity contribution in [3.63, 3.8) is 0 Å². The lowest BCUT2D eigenvalue weighted by Gasteiger charge is -2.20. The number of aryl methyl sites for hydroxylation is 2. The van der Waals surface area contributed by atoms with Crippen LogP contribution in [0.2, 0.25) is 0 Å². The molecule has 0 fully saturated rings. The number of carbonyl (C=O) groups excluding carboxylic acids is 1. The van der Waals surface area contributed by atoms with Gasteiger partial charge in [-0.2, -0.15) is 0 Å². The van der Waals surface area contributed by atoms with Crippen molar-refractivity contribution in [1.82, 2.24) is 9.88 Å². The molecule has 0 spiro atoms.